The molecule has 1 heterocycles. The highest BCUT2D eigenvalue weighted by Gasteiger charge is 1.99. The van der Waals surface area contributed by atoms with Crippen LogP contribution in [0.5, 0.6) is 0 Å². The van der Waals surface area contributed by atoms with Crippen molar-refractivity contribution in [2.24, 2.45) is 0 Å². The number of halogens is 1. The molecule has 0 unspecified atom stereocenters. The molecule has 0 aliphatic carbocycles. The Labute approximate surface area is 92.2 Å². The van der Waals surface area contributed by atoms with E-state index >= 15 is 0 Å². The number of rotatable bonds is 2. The summed E-state index contributed by atoms with van der Waals surface area (Å²) < 4.78 is 14.4. The van der Waals surface area contributed by atoms with E-state index in [0.717, 1.165) is 5.56 Å². The zero-order chi connectivity index (χ0) is 11.5. The molecule has 0 saturated carbocycles. The Bertz CT molecular complexity index is 563. The van der Waals surface area contributed by atoms with Gasteiger partial charge in [-0.2, -0.15) is 0 Å². The second-order valence-corrected chi connectivity index (χ2v) is 3.63. The Morgan fingerprint density at radius 3 is 2.88 bits per heavy atom. The van der Waals surface area contributed by atoms with Gasteiger partial charge in [-0.05, 0) is 24.6 Å². The third kappa shape index (κ3) is 2.34. The van der Waals surface area contributed by atoms with Crippen LogP contribution in [0.2, 0.25) is 0 Å². The van der Waals surface area contributed by atoms with Gasteiger partial charge < -0.3 is 0 Å². The molecule has 0 aliphatic rings. The van der Waals surface area contributed by atoms with Crippen LogP contribution in [0.4, 0.5) is 4.39 Å². The summed E-state index contributed by atoms with van der Waals surface area (Å²) in [5, 5.41) is 0. The largest absolute Gasteiger partial charge is 0.295 e. The highest BCUT2D eigenvalue weighted by molar-refractivity contribution is 5.16. The molecule has 0 atom stereocenters. The molecular weight excluding hydrogens is 207 g/mol. The Morgan fingerprint density at radius 2 is 2.19 bits per heavy atom. The Hall–Kier alpha value is -1.97. The van der Waals surface area contributed by atoms with Crippen LogP contribution in [0.25, 0.3) is 0 Å². The normalized spacial score (nSPS) is 10.4. The van der Waals surface area contributed by atoms with E-state index in [1.807, 2.05) is 0 Å². The van der Waals surface area contributed by atoms with Gasteiger partial charge in [-0.15, -0.1) is 0 Å². The maximum atomic E-state index is 12.9. The lowest BCUT2D eigenvalue weighted by Crippen LogP contribution is -2.20. The number of aromatic nitrogens is 2. The first-order chi connectivity index (χ1) is 7.65. The van der Waals surface area contributed by atoms with Crippen molar-refractivity contribution in [2.45, 2.75) is 13.5 Å². The van der Waals surface area contributed by atoms with E-state index in [2.05, 4.69) is 4.98 Å². The summed E-state index contributed by atoms with van der Waals surface area (Å²) >= 11 is 0. The van der Waals surface area contributed by atoms with Gasteiger partial charge in [-0.3, -0.25) is 9.36 Å². The minimum atomic E-state index is -0.300. The standard InChI is InChI=1S/C12H11FN2O/c1-9-5-12(16)15(8-14-9)7-10-3-2-4-11(13)6-10/h2-6,8H,7H2,1H3. The molecule has 0 bridgehead atoms. The Kier molecular flexibility index (Phi) is 2.81. The summed E-state index contributed by atoms with van der Waals surface area (Å²) in [7, 11) is 0. The lowest BCUT2D eigenvalue weighted by molar-refractivity contribution is 0.622. The summed E-state index contributed by atoms with van der Waals surface area (Å²) in [6, 6.07) is 7.64. The van der Waals surface area contributed by atoms with Crippen molar-refractivity contribution >= 4 is 0 Å². The van der Waals surface area contributed by atoms with Crippen molar-refractivity contribution in [2.75, 3.05) is 0 Å². The van der Waals surface area contributed by atoms with Gasteiger partial charge in [0.2, 0.25) is 0 Å². The van der Waals surface area contributed by atoms with Crippen molar-refractivity contribution in [3.63, 3.8) is 0 Å². The SMILES string of the molecule is Cc1cc(=O)n(Cc2cccc(F)c2)cn1. The third-order valence-corrected chi connectivity index (χ3v) is 2.26. The van der Waals surface area contributed by atoms with Crippen LogP contribution >= 0.6 is 0 Å². The van der Waals surface area contributed by atoms with Crippen molar-refractivity contribution in [1.82, 2.24) is 9.55 Å². The second kappa shape index (κ2) is 4.26. The van der Waals surface area contributed by atoms with Crippen LogP contribution in [0.3, 0.4) is 0 Å². The van der Waals surface area contributed by atoms with Gasteiger partial charge in [0.15, 0.2) is 0 Å². The minimum absolute atomic E-state index is 0.128. The molecule has 0 amide bonds. The highest BCUT2D eigenvalue weighted by Crippen LogP contribution is 2.04. The molecule has 0 aliphatic heterocycles. The molecule has 0 saturated heterocycles. The maximum absolute atomic E-state index is 12.9. The van der Waals surface area contributed by atoms with Gasteiger partial charge >= 0.3 is 0 Å². The summed E-state index contributed by atoms with van der Waals surface area (Å²) in [6.45, 7) is 2.10. The first-order valence-corrected chi connectivity index (χ1v) is 4.93. The average molecular weight is 218 g/mol. The van der Waals surface area contributed by atoms with Gasteiger partial charge in [-0.1, -0.05) is 12.1 Å². The fraction of sp³-hybridized carbons (Fsp3) is 0.167. The van der Waals surface area contributed by atoms with E-state index in [1.54, 1.807) is 19.1 Å². The van der Waals surface area contributed by atoms with Crippen molar-refractivity contribution < 1.29 is 4.39 Å². The van der Waals surface area contributed by atoms with Crippen molar-refractivity contribution in [1.29, 1.82) is 0 Å². The maximum Gasteiger partial charge on any atom is 0.253 e. The summed E-state index contributed by atoms with van der Waals surface area (Å²) in [5.41, 5.74) is 1.30. The van der Waals surface area contributed by atoms with E-state index in [-0.39, 0.29) is 11.4 Å². The van der Waals surface area contributed by atoms with Crippen molar-refractivity contribution in [3.05, 3.63) is 64.1 Å². The summed E-state index contributed by atoms with van der Waals surface area (Å²) in [5.74, 6) is -0.300. The van der Waals surface area contributed by atoms with Crippen LogP contribution in [0, 0.1) is 12.7 Å². The molecule has 82 valence electrons. The molecule has 1 aromatic heterocycles. The van der Waals surface area contributed by atoms with E-state index in [4.69, 9.17) is 0 Å². The summed E-state index contributed by atoms with van der Waals surface area (Å²) in [4.78, 5) is 15.6. The average Bonchev–Trinajstić information content (AvgIpc) is 2.22. The van der Waals surface area contributed by atoms with Crippen LogP contribution in [-0.2, 0) is 6.54 Å². The molecular formula is C12H11FN2O. The van der Waals surface area contributed by atoms with Crippen molar-refractivity contribution in [3.8, 4) is 0 Å². The predicted molar refractivity (Wildman–Crippen MR) is 58.7 cm³/mol. The second-order valence-electron chi connectivity index (χ2n) is 3.63. The molecule has 2 aromatic rings. The van der Waals surface area contributed by atoms with E-state index < -0.39 is 0 Å². The van der Waals surface area contributed by atoms with Crippen LogP contribution in [-0.4, -0.2) is 9.55 Å². The van der Waals surface area contributed by atoms with E-state index in [9.17, 15) is 9.18 Å². The minimum Gasteiger partial charge on any atom is -0.295 e. The van der Waals surface area contributed by atoms with Crippen LogP contribution in [0.15, 0.2) is 41.5 Å². The fourth-order valence-electron chi connectivity index (χ4n) is 1.47. The van der Waals surface area contributed by atoms with Gasteiger partial charge in [0.25, 0.3) is 5.56 Å². The van der Waals surface area contributed by atoms with Gasteiger partial charge in [0.1, 0.15) is 5.82 Å². The van der Waals surface area contributed by atoms with Crippen LogP contribution in [0.1, 0.15) is 11.3 Å². The molecule has 4 heteroatoms. The first kappa shape index (κ1) is 10.5. The lowest BCUT2D eigenvalue weighted by Gasteiger charge is -2.05. The number of hydrogen-bond donors (Lipinski definition) is 0. The smallest absolute Gasteiger partial charge is 0.253 e. The van der Waals surface area contributed by atoms with E-state index in [0.29, 0.717) is 12.2 Å². The molecule has 0 radical (unpaired) electrons. The van der Waals surface area contributed by atoms with E-state index in [1.165, 1.54) is 29.1 Å². The first-order valence-electron chi connectivity index (χ1n) is 4.93. The topological polar surface area (TPSA) is 34.9 Å². The zero-order valence-electron chi connectivity index (χ0n) is 8.85. The third-order valence-electron chi connectivity index (χ3n) is 2.26. The lowest BCUT2D eigenvalue weighted by atomic mass is 10.2. The fourth-order valence-corrected chi connectivity index (χ4v) is 1.47. The molecule has 2 rings (SSSR count). The van der Waals surface area contributed by atoms with Gasteiger partial charge in [-0.25, -0.2) is 9.37 Å². The molecule has 0 N–H and O–H groups in total. The number of aryl methyl sites for hydroxylation is 1. The number of benzene rings is 1. The number of nitrogens with zero attached hydrogens (tertiary/aromatic N) is 2. The zero-order valence-corrected chi connectivity index (χ0v) is 8.85. The molecule has 0 spiro atoms. The van der Waals surface area contributed by atoms with Gasteiger partial charge in [0.05, 0.1) is 12.9 Å². The molecule has 0 fully saturated rings. The number of hydrogen-bond acceptors (Lipinski definition) is 2. The monoisotopic (exact) mass is 218 g/mol. The van der Waals surface area contributed by atoms with Crippen LogP contribution < -0.4 is 5.56 Å². The Morgan fingerprint density at radius 1 is 1.38 bits per heavy atom. The Balaban J connectivity index is 2.31. The molecule has 3 nitrogen and oxygen atoms in total. The molecule has 1 aromatic carbocycles. The highest BCUT2D eigenvalue weighted by atomic mass is 19.1. The summed E-state index contributed by atoms with van der Waals surface area (Å²) in [6.07, 6.45) is 1.47. The quantitative estimate of drug-likeness (QED) is 0.769. The molecule has 16 heavy (non-hydrogen) atoms. The predicted octanol–water partition coefficient (Wildman–Crippen LogP) is 1.74. The van der Waals surface area contributed by atoms with Gasteiger partial charge in [0, 0.05) is 11.8 Å².